The highest BCUT2D eigenvalue weighted by Crippen LogP contribution is 2.14. The number of nitrogens with zero attached hydrogens (tertiary/aromatic N) is 1. The van der Waals surface area contributed by atoms with E-state index < -0.39 is 11.5 Å². The summed E-state index contributed by atoms with van der Waals surface area (Å²) in [7, 11) is 1.73. The van der Waals surface area contributed by atoms with Crippen molar-refractivity contribution in [3.63, 3.8) is 0 Å². The van der Waals surface area contributed by atoms with Crippen LogP contribution in [0.1, 0.15) is 60.3 Å². The average Bonchev–Trinajstić information content (AvgIpc) is 2.40. The van der Waals surface area contributed by atoms with Gasteiger partial charge in [0.25, 0.3) is 0 Å². The third-order valence-electron chi connectivity index (χ3n) is 4.22. The Balaban J connectivity index is 4.29. The lowest BCUT2D eigenvalue weighted by Crippen LogP contribution is -2.48. The maximum absolute atomic E-state index is 11.3. The Morgan fingerprint density at radius 2 is 1.57 bits per heavy atom. The molecule has 21 heavy (non-hydrogen) atoms. The van der Waals surface area contributed by atoms with Gasteiger partial charge in [0.15, 0.2) is 0 Å². The van der Waals surface area contributed by atoms with Crippen molar-refractivity contribution in [1.29, 1.82) is 0 Å². The number of hydrogen-bond acceptors (Lipinski definition) is 3. The molecule has 0 aliphatic heterocycles. The SMILES string of the molecule is CNC(C)(CCCN(CCC(C)C)CCC(C)C)C(=O)O. The molecule has 0 heterocycles. The van der Waals surface area contributed by atoms with Crippen molar-refractivity contribution in [2.45, 2.75) is 65.8 Å². The summed E-state index contributed by atoms with van der Waals surface area (Å²) in [5.41, 5.74) is -0.804. The van der Waals surface area contributed by atoms with Gasteiger partial charge in [-0.05, 0) is 71.1 Å². The molecular weight excluding hydrogens is 264 g/mol. The molecule has 0 aromatic carbocycles. The van der Waals surface area contributed by atoms with E-state index in [2.05, 4.69) is 37.9 Å². The number of nitrogens with one attached hydrogen (secondary N) is 1. The zero-order valence-electron chi connectivity index (χ0n) is 14.9. The lowest BCUT2D eigenvalue weighted by molar-refractivity contribution is -0.144. The van der Waals surface area contributed by atoms with Crippen molar-refractivity contribution in [3.8, 4) is 0 Å². The normalized spacial score (nSPS) is 14.9. The molecular formula is C17H36N2O2. The zero-order chi connectivity index (χ0) is 16.5. The fraction of sp³-hybridized carbons (Fsp3) is 0.941. The lowest BCUT2D eigenvalue weighted by Gasteiger charge is -2.28. The van der Waals surface area contributed by atoms with Crippen molar-refractivity contribution in [2.75, 3.05) is 26.7 Å². The number of carboxylic acid groups (broad SMARTS) is 1. The van der Waals surface area contributed by atoms with E-state index in [1.165, 1.54) is 12.8 Å². The summed E-state index contributed by atoms with van der Waals surface area (Å²) in [6.07, 6.45) is 4.00. The molecule has 0 fully saturated rings. The molecule has 4 heteroatoms. The van der Waals surface area contributed by atoms with Crippen LogP contribution in [0.4, 0.5) is 0 Å². The van der Waals surface area contributed by atoms with Gasteiger partial charge >= 0.3 is 5.97 Å². The van der Waals surface area contributed by atoms with Crippen molar-refractivity contribution in [3.05, 3.63) is 0 Å². The van der Waals surface area contributed by atoms with Gasteiger partial charge in [-0.2, -0.15) is 0 Å². The highest BCUT2D eigenvalue weighted by atomic mass is 16.4. The van der Waals surface area contributed by atoms with Crippen LogP contribution in [0.25, 0.3) is 0 Å². The summed E-state index contributed by atoms with van der Waals surface area (Å²) in [5, 5.41) is 12.2. The number of hydrogen-bond donors (Lipinski definition) is 2. The van der Waals surface area contributed by atoms with E-state index in [0.717, 1.165) is 26.1 Å². The molecule has 2 N–H and O–H groups in total. The second-order valence-corrected chi connectivity index (χ2v) is 7.20. The van der Waals surface area contributed by atoms with Gasteiger partial charge in [0.2, 0.25) is 0 Å². The molecule has 0 aromatic rings. The first-order valence-electron chi connectivity index (χ1n) is 8.36. The molecule has 0 saturated heterocycles. The van der Waals surface area contributed by atoms with E-state index in [-0.39, 0.29) is 0 Å². The number of carboxylic acids is 1. The van der Waals surface area contributed by atoms with Crippen LogP contribution in [0.3, 0.4) is 0 Å². The molecule has 0 saturated carbocycles. The third kappa shape index (κ3) is 9.10. The van der Waals surface area contributed by atoms with Gasteiger partial charge in [-0.25, -0.2) is 0 Å². The van der Waals surface area contributed by atoms with E-state index in [9.17, 15) is 9.90 Å². The largest absolute Gasteiger partial charge is 0.480 e. The van der Waals surface area contributed by atoms with Crippen LogP contribution in [0.15, 0.2) is 0 Å². The molecule has 0 radical (unpaired) electrons. The Morgan fingerprint density at radius 3 is 1.90 bits per heavy atom. The molecule has 0 aromatic heterocycles. The number of aliphatic carboxylic acids is 1. The maximum atomic E-state index is 11.3. The van der Waals surface area contributed by atoms with Gasteiger partial charge in [-0.3, -0.25) is 4.79 Å². The minimum Gasteiger partial charge on any atom is -0.480 e. The molecule has 0 rings (SSSR count). The summed E-state index contributed by atoms with van der Waals surface area (Å²) >= 11 is 0. The summed E-state index contributed by atoms with van der Waals surface area (Å²) < 4.78 is 0. The number of rotatable bonds is 12. The van der Waals surface area contributed by atoms with Gasteiger partial charge in [0.1, 0.15) is 5.54 Å². The van der Waals surface area contributed by atoms with Crippen molar-refractivity contribution < 1.29 is 9.90 Å². The van der Waals surface area contributed by atoms with Crippen molar-refractivity contribution >= 4 is 5.97 Å². The molecule has 0 aliphatic carbocycles. The topological polar surface area (TPSA) is 52.6 Å². The Labute approximate surface area is 131 Å². The first-order chi connectivity index (χ1) is 9.71. The van der Waals surface area contributed by atoms with Gasteiger partial charge in [0.05, 0.1) is 0 Å². The molecule has 126 valence electrons. The molecule has 0 spiro atoms. The third-order valence-corrected chi connectivity index (χ3v) is 4.22. The van der Waals surface area contributed by atoms with Crippen molar-refractivity contribution in [1.82, 2.24) is 10.2 Å². The number of carbonyl (C=O) groups is 1. The lowest BCUT2D eigenvalue weighted by atomic mass is 9.96. The highest BCUT2D eigenvalue weighted by molar-refractivity contribution is 5.78. The molecule has 0 amide bonds. The highest BCUT2D eigenvalue weighted by Gasteiger charge is 2.30. The van der Waals surface area contributed by atoms with E-state index in [4.69, 9.17) is 0 Å². The zero-order valence-corrected chi connectivity index (χ0v) is 14.9. The summed E-state index contributed by atoms with van der Waals surface area (Å²) in [6, 6.07) is 0. The van der Waals surface area contributed by atoms with Gasteiger partial charge in [0, 0.05) is 0 Å². The first kappa shape index (κ1) is 20.4. The monoisotopic (exact) mass is 300 g/mol. The Hall–Kier alpha value is -0.610. The Kier molecular flexibility index (Phi) is 9.88. The molecule has 1 unspecified atom stereocenters. The van der Waals surface area contributed by atoms with Crippen LogP contribution in [0, 0.1) is 11.8 Å². The average molecular weight is 300 g/mol. The predicted octanol–water partition coefficient (Wildman–Crippen LogP) is 3.22. The molecule has 1 atom stereocenters. The van der Waals surface area contributed by atoms with Crippen LogP contribution in [-0.2, 0) is 4.79 Å². The minimum atomic E-state index is -0.804. The smallest absolute Gasteiger partial charge is 0.323 e. The second kappa shape index (κ2) is 10.2. The van der Waals surface area contributed by atoms with E-state index in [1.807, 2.05) is 0 Å². The van der Waals surface area contributed by atoms with Gasteiger partial charge in [-0.1, -0.05) is 27.7 Å². The Bertz CT molecular complexity index is 281. The van der Waals surface area contributed by atoms with E-state index >= 15 is 0 Å². The standard InChI is InChI=1S/C17H36N2O2/c1-14(2)8-12-19(13-9-15(3)4)11-7-10-17(5,18-6)16(20)21/h14-15,18H,7-13H2,1-6H3,(H,20,21). The van der Waals surface area contributed by atoms with Crippen LogP contribution >= 0.6 is 0 Å². The second-order valence-electron chi connectivity index (χ2n) is 7.20. The maximum Gasteiger partial charge on any atom is 0.323 e. The Morgan fingerprint density at radius 1 is 1.10 bits per heavy atom. The van der Waals surface area contributed by atoms with Crippen LogP contribution in [0.2, 0.25) is 0 Å². The van der Waals surface area contributed by atoms with Crippen LogP contribution < -0.4 is 5.32 Å². The molecule has 0 bridgehead atoms. The van der Waals surface area contributed by atoms with Crippen LogP contribution in [0.5, 0.6) is 0 Å². The fourth-order valence-electron chi connectivity index (χ4n) is 2.21. The van der Waals surface area contributed by atoms with Crippen LogP contribution in [-0.4, -0.2) is 48.2 Å². The molecule has 0 aliphatic rings. The molecule has 4 nitrogen and oxygen atoms in total. The quantitative estimate of drug-likeness (QED) is 0.581. The predicted molar refractivity (Wildman–Crippen MR) is 89.7 cm³/mol. The van der Waals surface area contributed by atoms with E-state index in [1.54, 1.807) is 14.0 Å². The fourth-order valence-corrected chi connectivity index (χ4v) is 2.21. The van der Waals surface area contributed by atoms with Gasteiger partial charge < -0.3 is 15.3 Å². The first-order valence-corrected chi connectivity index (χ1v) is 8.36. The van der Waals surface area contributed by atoms with Crippen molar-refractivity contribution in [2.24, 2.45) is 11.8 Å². The summed E-state index contributed by atoms with van der Waals surface area (Å²) in [5.74, 6) is 0.669. The minimum absolute atomic E-state index is 0.665. The van der Waals surface area contributed by atoms with Gasteiger partial charge in [-0.15, -0.1) is 0 Å². The van der Waals surface area contributed by atoms with E-state index in [0.29, 0.717) is 18.3 Å². The number of likely N-dealkylation sites (N-methyl/N-ethyl adjacent to an activating group) is 1. The summed E-state index contributed by atoms with van der Waals surface area (Å²) in [4.78, 5) is 13.8. The summed E-state index contributed by atoms with van der Waals surface area (Å²) in [6.45, 7) is 14.0.